The molecule has 7 nitrogen and oxygen atoms in total. The maximum Gasteiger partial charge on any atom is 0.240 e. The summed E-state index contributed by atoms with van der Waals surface area (Å²) in [5.74, 6) is 0.592. The van der Waals surface area contributed by atoms with E-state index in [2.05, 4.69) is 4.72 Å². The van der Waals surface area contributed by atoms with Crippen LogP contribution >= 0.6 is 0 Å². The van der Waals surface area contributed by atoms with Crippen molar-refractivity contribution in [1.29, 1.82) is 0 Å². The van der Waals surface area contributed by atoms with Crippen LogP contribution in [0.2, 0.25) is 0 Å². The van der Waals surface area contributed by atoms with Gasteiger partial charge in [0.15, 0.2) is 0 Å². The average molecular weight is 393 g/mol. The number of sulfonamides is 2. The molecule has 0 heterocycles. The number of rotatable bonds is 10. The van der Waals surface area contributed by atoms with Crippen molar-refractivity contribution in [2.75, 3.05) is 19.3 Å². The maximum atomic E-state index is 12.3. The van der Waals surface area contributed by atoms with Gasteiger partial charge in [-0.05, 0) is 51.5 Å². The van der Waals surface area contributed by atoms with E-state index < -0.39 is 20.0 Å². The van der Waals surface area contributed by atoms with Gasteiger partial charge >= 0.3 is 0 Å². The number of hydrogen-bond donors (Lipinski definition) is 1. The molecule has 0 amide bonds. The van der Waals surface area contributed by atoms with Gasteiger partial charge in [0, 0.05) is 19.1 Å². The second-order valence-electron chi connectivity index (χ2n) is 6.17. The minimum atomic E-state index is -3.71. The van der Waals surface area contributed by atoms with Gasteiger partial charge in [0.25, 0.3) is 0 Å². The highest BCUT2D eigenvalue weighted by atomic mass is 32.2. The summed E-state index contributed by atoms with van der Waals surface area (Å²) in [7, 11) is -7.10. The van der Waals surface area contributed by atoms with Crippen molar-refractivity contribution in [2.24, 2.45) is 0 Å². The summed E-state index contributed by atoms with van der Waals surface area (Å²) in [6.07, 6.45) is 1.78. The Morgan fingerprint density at radius 3 is 2.08 bits per heavy atom. The van der Waals surface area contributed by atoms with E-state index in [1.54, 1.807) is 19.1 Å². The monoisotopic (exact) mass is 392 g/mol. The molecule has 1 unspecified atom stereocenters. The van der Waals surface area contributed by atoms with Crippen LogP contribution in [0.5, 0.6) is 5.75 Å². The van der Waals surface area contributed by atoms with E-state index in [0.717, 1.165) is 6.26 Å². The zero-order valence-electron chi connectivity index (χ0n) is 15.4. The maximum absolute atomic E-state index is 12.3. The minimum absolute atomic E-state index is 0.00288. The number of benzene rings is 1. The average Bonchev–Trinajstić information content (AvgIpc) is 2.49. The molecule has 0 radical (unpaired) electrons. The second kappa shape index (κ2) is 8.98. The molecule has 0 saturated heterocycles. The highest BCUT2D eigenvalue weighted by Gasteiger charge is 2.22. The quantitative estimate of drug-likeness (QED) is 0.655. The molecule has 0 spiro atoms. The van der Waals surface area contributed by atoms with Gasteiger partial charge in [0.05, 0.1) is 17.3 Å². The van der Waals surface area contributed by atoms with Crippen LogP contribution < -0.4 is 9.46 Å². The lowest BCUT2D eigenvalue weighted by molar-refractivity contribution is 0.242. The lowest BCUT2D eigenvalue weighted by Gasteiger charge is -2.25. The lowest BCUT2D eigenvalue weighted by Crippen LogP contribution is -2.42. The standard InChI is InChI=1S/C16H28N2O5S2/c1-6-14(4)18(24(5,19)20)12-11-17-25(21,22)16-9-7-15(8-10-16)23-13(2)3/h7-10,13-14,17H,6,11-12H2,1-5H3. The number of nitrogens with zero attached hydrogens (tertiary/aromatic N) is 1. The molecule has 0 aliphatic carbocycles. The molecule has 1 N–H and O–H groups in total. The fourth-order valence-electron chi connectivity index (χ4n) is 2.26. The van der Waals surface area contributed by atoms with Crippen LogP contribution in [0.4, 0.5) is 0 Å². The molecular weight excluding hydrogens is 364 g/mol. The number of hydrogen-bond acceptors (Lipinski definition) is 5. The molecule has 0 fully saturated rings. The first-order chi connectivity index (χ1) is 11.5. The van der Waals surface area contributed by atoms with Crippen LogP contribution in [0.1, 0.15) is 34.1 Å². The van der Waals surface area contributed by atoms with Crippen molar-refractivity contribution in [3.63, 3.8) is 0 Å². The van der Waals surface area contributed by atoms with E-state index in [-0.39, 0.29) is 30.1 Å². The van der Waals surface area contributed by atoms with Crippen LogP contribution in [-0.4, -0.2) is 52.6 Å². The summed E-state index contributed by atoms with van der Waals surface area (Å²) in [6.45, 7) is 7.54. The largest absolute Gasteiger partial charge is 0.491 e. The van der Waals surface area contributed by atoms with Crippen molar-refractivity contribution in [3.8, 4) is 5.75 Å². The summed E-state index contributed by atoms with van der Waals surface area (Å²) < 4.78 is 57.5. The normalized spacial score (nSPS) is 14.0. The summed E-state index contributed by atoms with van der Waals surface area (Å²) in [5, 5.41) is 0. The highest BCUT2D eigenvalue weighted by molar-refractivity contribution is 7.89. The van der Waals surface area contributed by atoms with Crippen molar-refractivity contribution >= 4 is 20.0 Å². The van der Waals surface area contributed by atoms with Crippen LogP contribution in [0.3, 0.4) is 0 Å². The molecule has 0 saturated carbocycles. The Balaban J connectivity index is 2.75. The summed E-state index contributed by atoms with van der Waals surface area (Å²) >= 11 is 0. The second-order valence-corrected chi connectivity index (χ2v) is 9.87. The number of nitrogens with one attached hydrogen (secondary N) is 1. The van der Waals surface area contributed by atoms with Crippen molar-refractivity contribution in [3.05, 3.63) is 24.3 Å². The van der Waals surface area contributed by atoms with E-state index >= 15 is 0 Å². The molecule has 0 aromatic heterocycles. The predicted octanol–water partition coefficient (Wildman–Crippen LogP) is 1.81. The smallest absolute Gasteiger partial charge is 0.240 e. The van der Waals surface area contributed by atoms with E-state index in [1.165, 1.54) is 16.4 Å². The fraction of sp³-hybridized carbons (Fsp3) is 0.625. The number of ether oxygens (including phenoxy) is 1. The Kier molecular flexibility index (Phi) is 7.86. The molecule has 25 heavy (non-hydrogen) atoms. The zero-order valence-corrected chi connectivity index (χ0v) is 17.0. The first kappa shape index (κ1) is 21.9. The van der Waals surface area contributed by atoms with Crippen molar-refractivity contribution < 1.29 is 21.6 Å². The molecule has 9 heteroatoms. The fourth-order valence-corrected chi connectivity index (χ4v) is 4.51. The highest BCUT2D eigenvalue weighted by Crippen LogP contribution is 2.17. The van der Waals surface area contributed by atoms with Crippen LogP contribution in [0, 0.1) is 0 Å². The third kappa shape index (κ3) is 6.93. The van der Waals surface area contributed by atoms with Gasteiger partial charge in [-0.1, -0.05) is 6.92 Å². The third-order valence-corrected chi connectivity index (χ3v) is 6.51. The summed E-state index contributed by atoms with van der Waals surface area (Å²) in [6, 6.07) is 5.92. The van der Waals surface area contributed by atoms with Crippen LogP contribution in [-0.2, 0) is 20.0 Å². The molecule has 0 aliphatic rings. The topological polar surface area (TPSA) is 92.8 Å². The Morgan fingerprint density at radius 2 is 1.64 bits per heavy atom. The van der Waals surface area contributed by atoms with Crippen molar-refractivity contribution in [1.82, 2.24) is 9.03 Å². The molecular formula is C16H28N2O5S2. The molecule has 1 aromatic carbocycles. The molecule has 1 atom stereocenters. The Bertz CT molecular complexity index is 743. The predicted molar refractivity (Wildman–Crippen MR) is 98.7 cm³/mol. The van der Waals surface area contributed by atoms with Gasteiger partial charge in [0.2, 0.25) is 20.0 Å². The molecule has 1 rings (SSSR count). The molecule has 0 bridgehead atoms. The summed E-state index contributed by atoms with van der Waals surface area (Å²) in [4.78, 5) is 0.109. The van der Waals surface area contributed by atoms with Gasteiger partial charge < -0.3 is 4.74 Å². The SMILES string of the molecule is CCC(C)N(CCNS(=O)(=O)c1ccc(OC(C)C)cc1)S(C)(=O)=O. The van der Waals surface area contributed by atoms with E-state index in [4.69, 9.17) is 4.74 Å². The zero-order chi connectivity index (χ0) is 19.3. The van der Waals surface area contributed by atoms with Gasteiger partial charge in [-0.3, -0.25) is 0 Å². The lowest BCUT2D eigenvalue weighted by atomic mass is 10.2. The van der Waals surface area contributed by atoms with Gasteiger partial charge in [-0.25, -0.2) is 21.6 Å². The van der Waals surface area contributed by atoms with Crippen molar-refractivity contribution in [2.45, 2.75) is 51.2 Å². The molecule has 0 aliphatic heterocycles. The summed E-state index contributed by atoms with van der Waals surface area (Å²) in [5.41, 5.74) is 0. The van der Waals surface area contributed by atoms with Gasteiger partial charge in [0.1, 0.15) is 5.75 Å². The van der Waals surface area contributed by atoms with Crippen LogP contribution in [0.15, 0.2) is 29.2 Å². The Hall–Kier alpha value is -1.16. The Morgan fingerprint density at radius 1 is 1.08 bits per heavy atom. The Labute approximate surface area is 151 Å². The van der Waals surface area contributed by atoms with E-state index in [1.807, 2.05) is 20.8 Å². The molecule has 144 valence electrons. The minimum Gasteiger partial charge on any atom is -0.491 e. The third-order valence-electron chi connectivity index (χ3n) is 3.64. The van der Waals surface area contributed by atoms with Gasteiger partial charge in [-0.15, -0.1) is 0 Å². The first-order valence-corrected chi connectivity index (χ1v) is 11.5. The van der Waals surface area contributed by atoms with E-state index in [9.17, 15) is 16.8 Å². The molecule has 1 aromatic rings. The van der Waals surface area contributed by atoms with Gasteiger partial charge in [-0.2, -0.15) is 4.31 Å². The van der Waals surface area contributed by atoms with Crippen LogP contribution in [0.25, 0.3) is 0 Å². The first-order valence-electron chi connectivity index (χ1n) is 8.20. The van der Waals surface area contributed by atoms with E-state index in [0.29, 0.717) is 12.2 Å².